The number of hydrogen-bond acceptors (Lipinski definition) is 4. The Bertz CT molecular complexity index is 736. The van der Waals surface area contributed by atoms with Gasteiger partial charge in [0.2, 0.25) is 0 Å². The quantitative estimate of drug-likeness (QED) is 0.714. The van der Waals surface area contributed by atoms with Crippen LogP contribution in [0.15, 0.2) is 28.7 Å². The summed E-state index contributed by atoms with van der Waals surface area (Å²) in [5, 5.41) is 9.23. The third-order valence-electron chi connectivity index (χ3n) is 5.59. The molecule has 0 radical (unpaired) electrons. The molecule has 1 aromatic rings. The second-order valence-electron chi connectivity index (χ2n) is 8.86. The summed E-state index contributed by atoms with van der Waals surface area (Å²) in [6, 6.07) is 7.71. The first-order chi connectivity index (χ1) is 13.1. The van der Waals surface area contributed by atoms with Gasteiger partial charge in [0.25, 0.3) is 0 Å². The number of benzene rings is 1. The van der Waals surface area contributed by atoms with Crippen LogP contribution in [0.1, 0.15) is 58.4 Å². The molecule has 6 nitrogen and oxygen atoms in total. The van der Waals surface area contributed by atoms with Crippen LogP contribution in [0.2, 0.25) is 0 Å². The molecule has 28 heavy (non-hydrogen) atoms. The molecule has 7 heteroatoms. The molecule has 1 saturated heterocycles. The van der Waals surface area contributed by atoms with E-state index in [0.717, 1.165) is 35.7 Å². The Labute approximate surface area is 174 Å². The fourth-order valence-electron chi connectivity index (χ4n) is 4.49. The number of amides is 1. The molecular formula is C21H28BrNO5. The van der Waals surface area contributed by atoms with Gasteiger partial charge >= 0.3 is 12.1 Å². The summed E-state index contributed by atoms with van der Waals surface area (Å²) in [7, 11) is 0. The predicted molar refractivity (Wildman–Crippen MR) is 108 cm³/mol. The Morgan fingerprint density at radius 1 is 1.18 bits per heavy atom. The number of rotatable bonds is 4. The van der Waals surface area contributed by atoms with Gasteiger partial charge in [0.1, 0.15) is 17.8 Å². The molecule has 1 aromatic carbocycles. The molecule has 2 fully saturated rings. The minimum Gasteiger partial charge on any atom is -0.480 e. The van der Waals surface area contributed by atoms with Crippen LogP contribution in [-0.4, -0.2) is 46.4 Å². The molecule has 2 aliphatic rings. The first-order valence-electron chi connectivity index (χ1n) is 9.68. The molecule has 1 N–H and O–H groups in total. The number of carbonyl (C=O) groups is 2. The molecular weight excluding hydrogens is 426 g/mol. The summed E-state index contributed by atoms with van der Waals surface area (Å²) in [5.41, 5.74) is -0.926. The van der Waals surface area contributed by atoms with Crippen molar-refractivity contribution in [3.8, 4) is 0 Å². The summed E-state index contributed by atoms with van der Waals surface area (Å²) in [4.78, 5) is 26.1. The lowest BCUT2D eigenvalue weighted by atomic mass is 9.84. The number of carboxylic acid groups (broad SMARTS) is 1. The van der Waals surface area contributed by atoms with Gasteiger partial charge < -0.3 is 14.6 Å². The number of likely N-dealkylation sites (tertiary alicyclic amines) is 1. The fraction of sp³-hybridized carbons (Fsp3) is 0.619. The van der Waals surface area contributed by atoms with Gasteiger partial charge in [0, 0.05) is 16.4 Å². The van der Waals surface area contributed by atoms with Crippen LogP contribution in [0.4, 0.5) is 4.79 Å². The molecule has 3 rings (SSSR count). The zero-order valence-electron chi connectivity index (χ0n) is 16.7. The lowest BCUT2D eigenvalue weighted by Crippen LogP contribution is -2.47. The van der Waals surface area contributed by atoms with E-state index in [9.17, 15) is 14.7 Å². The number of ether oxygens (including phenoxy) is 2. The topological polar surface area (TPSA) is 76.1 Å². The Kier molecular flexibility index (Phi) is 5.79. The van der Waals surface area contributed by atoms with Crippen molar-refractivity contribution < 1.29 is 24.2 Å². The van der Waals surface area contributed by atoms with Crippen LogP contribution < -0.4 is 0 Å². The number of nitrogens with zero attached hydrogens (tertiary/aromatic N) is 1. The van der Waals surface area contributed by atoms with E-state index in [1.165, 1.54) is 0 Å². The van der Waals surface area contributed by atoms with E-state index >= 15 is 0 Å². The lowest BCUT2D eigenvalue weighted by molar-refractivity contribution is -0.150. The summed E-state index contributed by atoms with van der Waals surface area (Å²) in [6.45, 7) is 5.44. The second-order valence-corrected chi connectivity index (χ2v) is 9.77. The average molecular weight is 454 g/mol. The maximum absolute atomic E-state index is 13.1. The average Bonchev–Trinajstić information content (AvgIpc) is 3.18. The first-order valence-corrected chi connectivity index (χ1v) is 10.5. The number of aliphatic carboxylic acids is 1. The van der Waals surface area contributed by atoms with Crippen LogP contribution in [0, 0.1) is 0 Å². The summed E-state index contributed by atoms with van der Waals surface area (Å²) < 4.78 is 12.6. The van der Waals surface area contributed by atoms with Gasteiger partial charge in [-0.3, -0.25) is 4.90 Å². The van der Waals surface area contributed by atoms with Crippen LogP contribution in [-0.2, 0) is 19.9 Å². The van der Waals surface area contributed by atoms with Gasteiger partial charge in [-0.15, -0.1) is 0 Å². The zero-order chi connectivity index (χ0) is 20.6. The number of carbonyl (C=O) groups excluding carboxylic acids is 1. The Balaban J connectivity index is 1.99. The van der Waals surface area contributed by atoms with Crippen LogP contribution >= 0.6 is 15.9 Å². The van der Waals surface area contributed by atoms with Crippen molar-refractivity contribution in [2.75, 3.05) is 13.2 Å². The van der Waals surface area contributed by atoms with Gasteiger partial charge in [0.15, 0.2) is 0 Å². The SMILES string of the molecule is CC(C)(C)OC(=O)N1CC(OCC(=O)O)(c2ccc(Br)cc2)CC12CCCC2. The highest BCUT2D eigenvalue weighted by Crippen LogP contribution is 2.52. The van der Waals surface area contributed by atoms with Gasteiger partial charge in [-0.05, 0) is 51.3 Å². The molecule has 1 amide bonds. The standard InChI is InChI=1S/C21H28BrNO5/c1-19(2,3)28-18(26)23-14-21(27-12-17(24)25,13-20(23)10-4-5-11-20)15-6-8-16(22)9-7-15/h6-9H,4-5,10-14H2,1-3H3,(H,24,25). The maximum Gasteiger partial charge on any atom is 0.410 e. The van der Waals surface area contributed by atoms with Crippen molar-refractivity contribution in [3.05, 3.63) is 34.3 Å². The number of hydrogen-bond donors (Lipinski definition) is 1. The van der Waals surface area contributed by atoms with Gasteiger partial charge in [-0.1, -0.05) is 40.9 Å². The Hall–Kier alpha value is -1.60. The van der Waals surface area contributed by atoms with Crippen molar-refractivity contribution >= 4 is 28.0 Å². The van der Waals surface area contributed by atoms with E-state index in [0.29, 0.717) is 6.42 Å². The van der Waals surface area contributed by atoms with E-state index < -0.39 is 23.8 Å². The monoisotopic (exact) mass is 453 g/mol. The molecule has 1 unspecified atom stereocenters. The number of halogens is 1. The smallest absolute Gasteiger partial charge is 0.410 e. The van der Waals surface area contributed by atoms with E-state index in [1.807, 2.05) is 45.0 Å². The van der Waals surface area contributed by atoms with Gasteiger partial charge in [-0.2, -0.15) is 0 Å². The summed E-state index contributed by atoms with van der Waals surface area (Å²) in [5.74, 6) is -1.02. The normalized spacial score (nSPS) is 23.9. The van der Waals surface area contributed by atoms with Crippen molar-refractivity contribution in [1.29, 1.82) is 0 Å². The number of carboxylic acids is 1. The Morgan fingerprint density at radius 2 is 1.79 bits per heavy atom. The van der Waals surface area contributed by atoms with Crippen LogP contribution in [0.3, 0.4) is 0 Å². The van der Waals surface area contributed by atoms with Crippen molar-refractivity contribution in [1.82, 2.24) is 4.90 Å². The van der Waals surface area contributed by atoms with E-state index in [1.54, 1.807) is 4.90 Å². The summed E-state index contributed by atoms with van der Waals surface area (Å²) in [6.07, 6.45) is 4.05. The maximum atomic E-state index is 13.1. The molecule has 1 aliphatic heterocycles. The van der Waals surface area contributed by atoms with Crippen molar-refractivity contribution in [2.24, 2.45) is 0 Å². The molecule has 1 aliphatic carbocycles. The third-order valence-corrected chi connectivity index (χ3v) is 6.12. The van der Waals surface area contributed by atoms with Gasteiger partial charge in [-0.25, -0.2) is 9.59 Å². The van der Waals surface area contributed by atoms with Crippen molar-refractivity contribution in [3.63, 3.8) is 0 Å². The van der Waals surface area contributed by atoms with E-state index in [2.05, 4.69) is 15.9 Å². The minimum absolute atomic E-state index is 0.289. The second kappa shape index (κ2) is 7.67. The van der Waals surface area contributed by atoms with Gasteiger partial charge in [0.05, 0.1) is 6.54 Å². The van der Waals surface area contributed by atoms with Crippen molar-refractivity contribution in [2.45, 2.75) is 69.6 Å². The Morgan fingerprint density at radius 3 is 2.32 bits per heavy atom. The van der Waals surface area contributed by atoms with E-state index in [-0.39, 0.29) is 18.2 Å². The minimum atomic E-state index is -1.02. The van der Waals surface area contributed by atoms with Crippen LogP contribution in [0.25, 0.3) is 0 Å². The van der Waals surface area contributed by atoms with E-state index in [4.69, 9.17) is 9.47 Å². The fourth-order valence-corrected chi connectivity index (χ4v) is 4.75. The first kappa shape index (κ1) is 21.1. The molecule has 1 saturated carbocycles. The molecule has 1 atom stereocenters. The highest BCUT2D eigenvalue weighted by atomic mass is 79.9. The van der Waals surface area contributed by atoms with Crippen LogP contribution in [0.5, 0.6) is 0 Å². The molecule has 1 spiro atoms. The lowest BCUT2D eigenvalue weighted by Gasteiger charge is -2.35. The zero-order valence-corrected chi connectivity index (χ0v) is 18.3. The molecule has 1 heterocycles. The highest BCUT2D eigenvalue weighted by molar-refractivity contribution is 9.10. The molecule has 154 valence electrons. The highest BCUT2D eigenvalue weighted by Gasteiger charge is 2.58. The molecule has 0 bridgehead atoms. The molecule has 0 aromatic heterocycles. The predicted octanol–water partition coefficient (Wildman–Crippen LogP) is 4.70. The summed E-state index contributed by atoms with van der Waals surface area (Å²) >= 11 is 3.44. The third kappa shape index (κ3) is 4.35. The largest absolute Gasteiger partial charge is 0.480 e.